The first-order valence-corrected chi connectivity index (χ1v) is 7.03. The zero-order valence-electron chi connectivity index (χ0n) is 10.7. The maximum atomic E-state index is 12.1. The predicted molar refractivity (Wildman–Crippen MR) is 70.7 cm³/mol. The molecule has 1 saturated carbocycles. The number of rotatable bonds is 5. The number of aromatic nitrogens is 1. The van der Waals surface area contributed by atoms with Crippen LogP contribution in [0.4, 0.5) is 0 Å². The van der Waals surface area contributed by atoms with Crippen molar-refractivity contribution < 1.29 is 4.79 Å². The van der Waals surface area contributed by atoms with E-state index in [1.54, 1.807) is 0 Å². The van der Waals surface area contributed by atoms with E-state index >= 15 is 0 Å². The minimum absolute atomic E-state index is 0.0740. The van der Waals surface area contributed by atoms with Crippen LogP contribution in [0, 0.1) is 0 Å². The van der Waals surface area contributed by atoms with Crippen molar-refractivity contribution in [1.29, 1.82) is 0 Å². The summed E-state index contributed by atoms with van der Waals surface area (Å²) >= 11 is 0. The summed E-state index contributed by atoms with van der Waals surface area (Å²) in [6.45, 7) is 1.90. The van der Waals surface area contributed by atoms with Crippen LogP contribution in [0.15, 0.2) is 18.3 Å². The maximum absolute atomic E-state index is 12.1. The lowest BCUT2D eigenvalue weighted by Gasteiger charge is -2.12. The second-order valence-corrected chi connectivity index (χ2v) is 5.37. The predicted octanol–water partition coefficient (Wildman–Crippen LogP) is 1.69. The smallest absolute Gasteiger partial charge is 0.267 e. The molecule has 98 valence electrons. The van der Waals surface area contributed by atoms with Gasteiger partial charge in [0.05, 0.1) is 0 Å². The number of amides is 1. The van der Waals surface area contributed by atoms with Gasteiger partial charge >= 0.3 is 0 Å². The van der Waals surface area contributed by atoms with E-state index in [9.17, 15) is 4.79 Å². The maximum Gasteiger partial charge on any atom is 0.267 e. The molecule has 1 aliphatic carbocycles. The average Bonchev–Trinajstić information content (AvgIpc) is 2.91. The summed E-state index contributed by atoms with van der Waals surface area (Å²) in [6, 6.07) is 5.05. The molecule has 0 aromatic carbocycles. The van der Waals surface area contributed by atoms with Crippen molar-refractivity contribution in [3.63, 3.8) is 0 Å². The molecule has 2 heterocycles. The van der Waals surface area contributed by atoms with E-state index in [4.69, 9.17) is 0 Å². The summed E-state index contributed by atoms with van der Waals surface area (Å²) in [5.74, 6) is 0.0740. The molecule has 1 aromatic heterocycles. The quantitative estimate of drug-likeness (QED) is 0.832. The van der Waals surface area contributed by atoms with Gasteiger partial charge in [-0.05, 0) is 50.8 Å². The number of hydrogen-bond donors (Lipinski definition) is 2. The van der Waals surface area contributed by atoms with E-state index in [0.29, 0.717) is 12.1 Å². The Morgan fingerprint density at radius 3 is 3.06 bits per heavy atom. The molecule has 2 aliphatic rings. The Balaban J connectivity index is 1.49. The van der Waals surface area contributed by atoms with Crippen LogP contribution in [-0.2, 0) is 0 Å². The highest BCUT2D eigenvalue weighted by molar-refractivity contribution is 5.92. The molecule has 1 aromatic rings. The molecule has 1 unspecified atom stereocenters. The minimum atomic E-state index is 0.0740. The molecule has 2 fully saturated rings. The average molecular weight is 247 g/mol. The van der Waals surface area contributed by atoms with Crippen molar-refractivity contribution in [2.75, 3.05) is 13.1 Å². The second kappa shape index (κ2) is 5.14. The first-order chi connectivity index (χ1) is 8.84. The molecule has 1 amide bonds. The Morgan fingerprint density at radius 2 is 2.33 bits per heavy atom. The zero-order valence-corrected chi connectivity index (χ0v) is 10.7. The summed E-state index contributed by atoms with van der Waals surface area (Å²) < 4.78 is 2.11. The van der Waals surface area contributed by atoms with E-state index in [-0.39, 0.29) is 5.91 Å². The van der Waals surface area contributed by atoms with Gasteiger partial charge in [-0.3, -0.25) is 4.79 Å². The number of nitrogens with zero attached hydrogens (tertiary/aromatic N) is 1. The van der Waals surface area contributed by atoms with Crippen LogP contribution in [0.5, 0.6) is 0 Å². The van der Waals surface area contributed by atoms with Crippen LogP contribution in [0.3, 0.4) is 0 Å². The topological polar surface area (TPSA) is 46.1 Å². The van der Waals surface area contributed by atoms with Gasteiger partial charge in [0.1, 0.15) is 5.69 Å². The van der Waals surface area contributed by atoms with Crippen molar-refractivity contribution in [3.8, 4) is 0 Å². The van der Waals surface area contributed by atoms with Crippen LogP contribution < -0.4 is 10.6 Å². The van der Waals surface area contributed by atoms with E-state index < -0.39 is 0 Å². The number of carbonyl (C=O) groups is 1. The second-order valence-electron chi connectivity index (χ2n) is 5.37. The third-order valence-electron chi connectivity index (χ3n) is 3.89. The fourth-order valence-electron chi connectivity index (χ4n) is 2.71. The van der Waals surface area contributed by atoms with E-state index in [0.717, 1.165) is 25.2 Å². The van der Waals surface area contributed by atoms with Gasteiger partial charge in [-0.1, -0.05) is 0 Å². The highest BCUT2D eigenvalue weighted by atomic mass is 16.1. The fraction of sp³-hybridized carbons (Fsp3) is 0.643. The van der Waals surface area contributed by atoms with Crippen LogP contribution in [0.2, 0.25) is 0 Å². The molecule has 0 bridgehead atoms. The molecule has 1 atom stereocenters. The SMILES string of the molecule is O=C(NCCC1CCCN1)c1cccn1C1CC1. The molecule has 1 saturated heterocycles. The van der Waals surface area contributed by atoms with Crippen LogP contribution in [0.1, 0.15) is 48.6 Å². The van der Waals surface area contributed by atoms with Crippen molar-refractivity contribution in [2.24, 2.45) is 0 Å². The largest absolute Gasteiger partial charge is 0.351 e. The van der Waals surface area contributed by atoms with Gasteiger partial charge in [0.25, 0.3) is 5.91 Å². The molecule has 1 aliphatic heterocycles. The normalized spacial score (nSPS) is 23.2. The lowest BCUT2D eigenvalue weighted by Crippen LogP contribution is -2.31. The highest BCUT2D eigenvalue weighted by Crippen LogP contribution is 2.35. The Morgan fingerprint density at radius 1 is 1.44 bits per heavy atom. The van der Waals surface area contributed by atoms with Crippen LogP contribution in [0.25, 0.3) is 0 Å². The molecule has 4 heteroatoms. The van der Waals surface area contributed by atoms with Gasteiger partial charge in [0.15, 0.2) is 0 Å². The molecule has 0 spiro atoms. The van der Waals surface area contributed by atoms with Gasteiger partial charge in [0, 0.05) is 24.8 Å². The first kappa shape index (κ1) is 11.8. The lowest BCUT2D eigenvalue weighted by molar-refractivity contribution is 0.0943. The Hall–Kier alpha value is -1.29. The third-order valence-corrected chi connectivity index (χ3v) is 3.89. The number of nitrogens with one attached hydrogen (secondary N) is 2. The van der Waals surface area contributed by atoms with Crippen LogP contribution >= 0.6 is 0 Å². The molecule has 0 radical (unpaired) electrons. The molecule has 2 N–H and O–H groups in total. The van der Waals surface area contributed by atoms with Crippen molar-refractivity contribution in [1.82, 2.24) is 15.2 Å². The Bertz CT molecular complexity index is 416. The van der Waals surface area contributed by atoms with Gasteiger partial charge in [0.2, 0.25) is 0 Å². The Kier molecular flexibility index (Phi) is 3.37. The molecule has 18 heavy (non-hydrogen) atoms. The van der Waals surface area contributed by atoms with Crippen molar-refractivity contribution in [2.45, 2.75) is 44.2 Å². The summed E-state index contributed by atoms with van der Waals surface area (Å²) in [5.41, 5.74) is 0.817. The fourth-order valence-corrected chi connectivity index (χ4v) is 2.71. The van der Waals surface area contributed by atoms with E-state index in [1.165, 1.54) is 25.7 Å². The molecule has 3 rings (SSSR count). The Labute approximate surface area is 108 Å². The lowest BCUT2D eigenvalue weighted by atomic mass is 10.1. The van der Waals surface area contributed by atoms with Gasteiger partial charge in [-0.2, -0.15) is 0 Å². The van der Waals surface area contributed by atoms with E-state index in [1.807, 2.05) is 18.3 Å². The zero-order chi connectivity index (χ0) is 12.4. The monoisotopic (exact) mass is 247 g/mol. The van der Waals surface area contributed by atoms with Gasteiger partial charge in [-0.15, -0.1) is 0 Å². The first-order valence-electron chi connectivity index (χ1n) is 7.03. The van der Waals surface area contributed by atoms with Crippen LogP contribution in [-0.4, -0.2) is 29.6 Å². The van der Waals surface area contributed by atoms with Crippen molar-refractivity contribution in [3.05, 3.63) is 24.0 Å². The summed E-state index contributed by atoms with van der Waals surface area (Å²) in [5, 5.41) is 6.48. The van der Waals surface area contributed by atoms with Gasteiger partial charge in [-0.25, -0.2) is 0 Å². The highest BCUT2D eigenvalue weighted by Gasteiger charge is 2.26. The molecular formula is C14H21N3O. The van der Waals surface area contributed by atoms with Gasteiger partial charge < -0.3 is 15.2 Å². The summed E-state index contributed by atoms with van der Waals surface area (Å²) in [6.07, 6.45) is 7.99. The number of hydrogen-bond acceptors (Lipinski definition) is 2. The number of carbonyl (C=O) groups excluding carboxylic acids is 1. The molecule has 4 nitrogen and oxygen atoms in total. The minimum Gasteiger partial charge on any atom is -0.351 e. The standard InChI is InChI=1S/C14H21N3O/c18-14(16-9-7-11-3-1-8-15-11)13-4-2-10-17(13)12-5-6-12/h2,4,10-12,15H,1,3,5-9H2,(H,16,18). The van der Waals surface area contributed by atoms with E-state index in [2.05, 4.69) is 15.2 Å². The summed E-state index contributed by atoms with van der Waals surface area (Å²) in [7, 11) is 0. The third kappa shape index (κ3) is 2.58. The molecular weight excluding hydrogens is 226 g/mol. The van der Waals surface area contributed by atoms with Crippen molar-refractivity contribution >= 4 is 5.91 Å². The summed E-state index contributed by atoms with van der Waals surface area (Å²) in [4.78, 5) is 12.1.